The van der Waals surface area contributed by atoms with Crippen molar-refractivity contribution in [1.82, 2.24) is 4.98 Å². The van der Waals surface area contributed by atoms with Crippen molar-refractivity contribution in [3.8, 4) is 0 Å². The second-order valence-electron chi connectivity index (χ2n) is 2.85. The van der Waals surface area contributed by atoms with E-state index in [0.29, 0.717) is 29.8 Å². The Morgan fingerprint density at radius 2 is 2.33 bits per heavy atom. The smallest absolute Gasteiger partial charge is 0.338 e. The molecule has 0 fully saturated rings. The molecule has 0 amide bonds. The third-order valence-electron chi connectivity index (χ3n) is 1.69. The van der Waals surface area contributed by atoms with Gasteiger partial charge in [0.25, 0.3) is 0 Å². The summed E-state index contributed by atoms with van der Waals surface area (Å²) in [6.45, 7) is 0.958. The highest BCUT2D eigenvalue weighted by Gasteiger charge is 2.06. The molecule has 0 bridgehead atoms. The zero-order valence-electron chi connectivity index (χ0n) is 8.40. The second-order valence-corrected chi connectivity index (χ2v) is 3.66. The molecule has 0 spiro atoms. The molecule has 0 atom stereocenters. The van der Waals surface area contributed by atoms with Gasteiger partial charge >= 0.3 is 5.97 Å². The van der Waals surface area contributed by atoms with Crippen LogP contribution in [0.15, 0.2) is 22.9 Å². The minimum atomic E-state index is -0.339. The molecule has 1 aromatic rings. The molecule has 0 radical (unpaired) electrons. The van der Waals surface area contributed by atoms with Crippen molar-refractivity contribution >= 4 is 21.9 Å². The van der Waals surface area contributed by atoms with Crippen LogP contribution in [-0.2, 0) is 9.47 Å². The summed E-state index contributed by atoms with van der Waals surface area (Å²) in [7, 11) is 1.61. The molecule has 0 aromatic carbocycles. The van der Waals surface area contributed by atoms with Crippen molar-refractivity contribution in [2.75, 3.05) is 20.3 Å². The molecule has 0 aliphatic rings. The number of halogens is 1. The first kappa shape index (κ1) is 12.1. The highest BCUT2D eigenvalue weighted by molar-refractivity contribution is 9.10. The zero-order chi connectivity index (χ0) is 11.1. The van der Waals surface area contributed by atoms with E-state index in [2.05, 4.69) is 20.9 Å². The predicted octanol–water partition coefficient (Wildman–Crippen LogP) is 2.04. The van der Waals surface area contributed by atoms with E-state index >= 15 is 0 Å². The Labute approximate surface area is 96.7 Å². The van der Waals surface area contributed by atoms with Gasteiger partial charge in [0, 0.05) is 26.3 Å². The molecule has 0 N–H and O–H groups in total. The fourth-order valence-corrected chi connectivity index (χ4v) is 1.35. The Bertz CT molecular complexity index is 330. The monoisotopic (exact) mass is 273 g/mol. The first-order chi connectivity index (χ1) is 7.24. The fraction of sp³-hybridized carbons (Fsp3) is 0.400. The third-order valence-corrected chi connectivity index (χ3v) is 2.12. The zero-order valence-corrected chi connectivity index (χ0v) is 9.99. The van der Waals surface area contributed by atoms with Gasteiger partial charge in [-0.2, -0.15) is 0 Å². The molecular formula is C10H12BrNO3. The minimum Gasteiger partial charge on any atom is -0.462 e. The second kappa shape index (κ2) is 6.53. The molecule has 1 rings (SSSR count). The highest BCUT2D eigenvalue weighted by Crippen LogP contribution is 2.09. The topological polar surface area (TPSA) is 48.4 Å². The molecular weight excluding hydrogens is 262 g/mol. The van der Waals surface area contributed by atoms with Gasteiger partial charge in [0.1, 0.15) is 4.60 Å². The van der Waals surface area contributed by atoms with Gasteiger partial charge in [-0.3, -0.25) is 0 Å². The van der Waals surface area contributed by atoms with E-state index in [1.165, 1.54) is 0 Å². The molecule has 82 valence electrons. The Kier molecular flexibility index (Phi) is 5.28. The van der Waals surface area contributed by atoms with E-state index in [9.17, 15) is 4.79 Å². The van der Waals surface area contributed by atoms with Gasteiger partial charge in [-0.05, 0) is 28.1 Å². The molecule has 15 heavy (non-hydrogen) atoms. The van der Waals surface area contributed by atoms with E-state index in [1.807, 2.05) is 0 Å². The van der Waals surface area contributed by atoms with Gasteiger partial charge in [0.2, 0.25) is 0 Å². The van der Waals surface area contributed by atoms with Crippen LogP contribution in [0, 0.1) is 0 Å². The van der Waals surface area contributed by atoms with Gasteiger partial charge in [-0.25, -0.2) is 9.78 Å². The first-order valence-corrected chi connectivity index (χ1v) is 5.31. The van der Waals surface area contributed by atoms with Crippen molar-refractivity contribution in [1.29, 1.82) is 0 Å². The molecule has 0 aliphatic carbocycles. The number of hydrogen-bond acceptors (Lipinski definition) is 4. The number of rotatable bonds is 5. The van der Waals surface area contributed by atoms with E-state index in [0.717, 1.165) is 0 Å². The fourth-order valence-electron chi connectivity index (χ4n) is 0.981. The largest absolute Gasteiger partial charge is 0.462 e. The number of aromatic nitrogens is 1. The lowest BCUT2D eigenvalue weighted by atomic mass is 10.3. The summed E-state index contributed by atoms with van der Waals surface area (Å²) in [4.78, 5) is 15.4. The Morgan fingerprint density at radius 1 is 1.53 bits per heavy atom. The third kappa shape index (κ3) is 4.40. The molecule has 0 saturated heterocycles. The molecule has 0 aliphatic heterocycles. The summed E-state index contributed by atoms with van der Waals surface area (Å²) in [5.74, 6) is -0.339. The molecule has 0 saturated carbocycles. The Balaban J connectivity index is 2.40. The Hall–Kier alpha value is -0.940. The average molecular weight is 274 g/mol. The predicted molar refractivity (Wildman–Crippen MR) is 58.7 cm³/mol. The molecule has 4 nitrogen and oxygen atoms in total. The van der Waals surface area contributed by atoms with Gasteiger partial charge in [-0.15, -0.1) is 0 Å². The summed E-state index contributed by atoms with van der Waals surface area (Å²) in [6.07, 6.45) is 2.25. The summed E-state index contributed by atoms with van der Waals surface area (Å²) < 4.78 is 10.5. The van der Waals surface area contributed by atoms with Gasteiger partial charge in [-0.1, -0.05) is 0 Å². The summed E-state index contributed by atoms with van der Waals surface area (Å²) in [5.41, 5.74) is 0.495. The number of methoxy groups -OCH3 is 1. The van der Waals surface area contributed by atoms with Gasteiger partial charge in [0.05, 0.1) is 12.2 Å². The standard InChI is InChI=1S/C10H12BrNO3/c1-14-5-2-6-15-10(13)8-3-4-12-9(11)7-8/h3-4,7H,2,5-6H2,1H3. The van der Waals surface area contributed by atoms with Gasteiger partial charge in [0.15, 0.2) is 0 Å². The maximum atomic E-state index is 11.4. The quantitative estimate of drug-likeness (QED) is 0.468. The normalized spacial score (nSPS) is 10.0. The highest BCUT2D eigenvalue weighted by atomic mass is 79.9. The summed E-state index contributed by atoms with van der Waals surface area (Å²) in [5, 5.41) is 0. The molecule has 1 heterocycles. The van der Waals surface area contributed by atoms with Crippen molar-refractivity contribution in [3.63, 3.8) is 0 Å². The van der Waals surface area contributed by atoms with Crippen LogP contribution in [-0.4, -0.2) is 31.3 Å². The number of ether oxygens (including phenoxy) is 2. The van der Waals surface area contributed by atoms with Crippen molar-refractivity contribution in [2.24, 2.45) is 0 Å². The number of pyridine rings is 1. The van der Waals surface area contributed by atoms with Crippen LogP contribution in [0.25, 0.3) is 0 Å². The lowest BCUT2D eigenvalue weighted by Gasteiger charge is -2.04. The number of carbonyl (C=O) groups is 1. The first-order valence-electron chi connectivity index (χ1n) is 4.51. The van der Waals surface area contributed by atoms with Crippen LogP contribution in [0.5, 0.6) is 0 Å². The van der Waals surface area contributed by atoms with Crippen molar-refractivity contribution in [3.05, 3.63) is 28.5 Å². The van der Waals surface area contributed by atoms with Crippen LogP contribution in [0.2, 0.25) is 0 Å². The van der Waals surface area contributed by atoms with Crippen molar-refractivity contribution < 1.29 is 14.3 Å². The van der Waals surface area contributed by atoms with Crippen LogP contribution in [0.4, 0.5) is 0 Å². The number of nitrogens with zero attached hydrogens (tertiary/aromatic N) is 1. The minimum absolute atomic E-state index is 0.339. The Morgan fingerprint density at radius 3 is 3.00 bits per heavy atom. The number of hydrogen-bond donors (Lipinski definition) is 0. The number of esters is 1. The SMILES string of the molecule is COCCCOC(=O)c1ccnc(Br)c1. The van der Waals surface area contributed by atoms with Gasteiger partial charge < -0.3 is 9.47 Å². The van der Waals surface area contributed by atoms with Crippen LogP contribution in [0.3, 0.4) is 0 Å². The molecule has 5 heteroatoms. The lowest BCUT2D eigenvalue weighted by molar-refractivity contribution is 0.0468. The van der Waals surface area contributed by atoms with E-state index in [-0.39, 0.29) is 5.97 Å². The van der Waals surface area contributed by atoms with Crippen LogP contribution >= 0.6 is 15.9 Å². The molecule has 0 unspecified atom stereocenters. The van der Waals surface area contributed by atoms with Crippen LogP contribution in [0.1, 0.15) is 16.8 Å². The summed E-state index contributed by atoms with van der Waals surface area (Å²) >= 11 is 3.18. The maximum Gasteiger partial charge on any atom is 0.338 e. The van der Waals surface area contributed by atoms with E-state index in [1.54, 1.807) is 25.4 Å². The van der Waals surface area contributed by atoms with Crippen LogP contribution < -0.4 is 0 Å². The van der Waals surface area contributed by atoms with Crippen molar-refractivity contribution in [2.45, 2.75) is 6.42 Å². The summed E-state index contributed by atoms with van der Waals surface area (Å²) in [6, 6.07) is 3.24. The lowest BCUT2D eigenvalue weighted by Crippen LogP contribution is -2.08. The maximum absolute atomic E-state index is 11.4. The van der Waals surface area contributed by atoms with E-state index in [4.69, 9.17) is 9.47 Å². The average Bonchev–Trinajstić information content (AvgIpc) is 2.24. The molecule has 1 aromatic heterocycles. The van der Waals surface area contributed by atoms with E-state index < -0.39 is 0 Å². The number of carbonyl (C=O) groups excluding carboxylic acids is 1.